The molecule has 1 aromatic rings. The van der Waals surface area contributed by atoms with Gasteiger partial charge >= 0.3 is 0 Å². The first-order valence-corrected chi connectivity index (χ1v) is 6.50. The lowest BCUT2D eigenvalue weighted by Crippen LogP contribution is -2.31. The van der Waals surface area contributed by atoms with Gasteiger partial charge in [0.1, 0.15) is 0 Å². The van der Waals surface area contributed by atoms with Crippen molar-refractivity contribution >= 4 is 0 Å². The normalized spacial score (nSPS) is 20.9. The molecule has 1 saturated carbocycles. The largest absolute Gasteiger partial charge is 0.323 e. The molecule has 1 aliphatic carbocycles. The van der Waals surface area contributed by atoms with Gasteiger partial charge in [-0.3, -0.25) is 0 Å². The molecule has 16 heavy (non-hydrogen) atoms. The van der Waals surface area contributed by atoms with Gasteiger partial charge in [-0.15, -0.1) is 0 Å². The summed E-state index contributed by atoms with van der Waals surface area (Å²) in [6, 6.07) is 8.98. The molecular weight excluding hydrogens is 194 g/mol. The predicted molar refractivity (Wildman–Crippen MR) is 69.3 cm³/mol. The highest BCUT2D eigenvalue weighted by Crippen LogP contribution is 2.48. The van der Waals surface area contributed by atoms with E-state index in [2.05, 4.69) is 38.1 Å². The third kappa shape index (κ3) is 2.01. The molecule has 0 bridgehead atoms. The van der Waals surface area contributed by atoms with Gasteiger partial charge in [-0.05, 0) is 37.2 Å². The fourth-order valence-electron chi connectivity index (χ4n) is 3.09. The molecule has 88 valence electrons. The van der Waals surface area contributed by atoms with Gasteiger partial charge in [-0.25, -0.2) is 0 Å². The van der Waals surface area contributed by atoms with Crippen LogP contribution in [0.25, 0.3) is 0 Å². The van der Waals surface area contributed by atoms with Crippen LogP contribution in [-0.4, -0.2) is 0 Å². The lowest BCUT2D eigenvalue weighted by molar-refractivity contribution is 0.222. The number of nitrogens with two attached hydrogens (primary N) is 1. The van der Waals surface area contributed by atoms with Gasteiger partial charge in [0.15, 0.2) is 0 Å². The molecule has 0 saturated heterocycles. The predicted octanol–water partition coefficient (Wildman–Crippen LogP) is 3.97. The second-order valence-electron chi connectivity index (χ2n) is 5.31. The summed E-state index contributed by atoms with van der Waals surface area (Å²) in [6.07, 6.45) is 6.53. The van der Waals surface area contributed by atoms with Crippen molar-refractivity contribution in [3.05, 3.63) is 35.4 Å². The first-order valence-electron chi connectivity index (χ1n) is 6.50. The lowest BCUT2D eigenvalue weighted by atomic mass is 9.74. The third-order valence-electron chi connectivity index (χ3n) is 4.40. The van der Waals surface area contributed by atoms with Crippen LogP contribution >= 0.6 is 0 Å². The maximum atomic E-state index is 6.50. The topological polar surface area (TPSA) is 26.0 Å². The highest BCUT2D eigenvalue weighted by molar-refractivity contribution is 5.25. The standard InChI is InChI=1S/C15H23N/c1-3-15(10-4-5-11-15)14(16)13-8-6-12(2)7-9-13/h6-9,14H,3-5,10-11,16H2,1-2H3. The van der Waals surface area contributed by atoms with Crippen LogP contribution in [-0.2, 0) is 0 Å². The molecule has 1 fully saturated rings. The fourth-order valence-corrected chi connectivity index (χ4v) is 3.09. The molecule has 2 rings (SSSR count). The molecule has 1 atom stereocenters. The van der Waals surface area contributed by atoms with E-state index in [9.17, 15) is 0 Å². The monoisotopic (exact) mass is 217 g/mol. The van der Waals surface area contributed by atoms with Gasteiger partial charge in [0.05, 0.1) is 0 Å². The van der Waals surface area contributed by atoms with E-state index in [1.807, 2.05) is 0 Å². The smallest absolute Gasteiger partial charge is 0.0351 e. The summed E-state index contributed by atoms with van der Waals surface area (Å²) in [6.45, 7) is 4.42. The van der Waals surface area contributed by atoms with Crippen molar-refractivity contribution in [1.82, 2.24) is 0 Å². The van der Waals surface area contributed by atoms with E-state index in [1.54, 1.807) is 0 Å². The number of benzene rings is 1. The van der Waals surface area contributed by atoms with Crippen LogP contribution in [0.15, 0.2) is 24.3 Å². The van der Waals surface area contributed by atoms with Crippen molar-refractivity contribution in [3.63, 3.8) is 0 Å². The molecule has 2 N–H and O–H groups in total. The molecule has 0 amide bonds. The number of hydrogen-bond donors (Lipinski definition) is 1. The van der Waals surface area contributed by atoms with Crippen LogP contribution < -0.4 is 5.73 Å². The van der Waals surface area contributed by atoms with Crippen LogP contribution in [0.1, 0.15) is 56.2 Å². The molecule has 0 radical (unpaired) electrons. The summed E-state index contributed by atoms with van der Waals surface area (Å²) in [7, 11) is 0. The van der Waals surface area contributed by atoms with E-state index in [-0.39, 0.29) is 6.04 Å². The van der Waals surface area contributed by atoms with E-state index in [0.29, 0.717) is 5.41 Å². The zero-order valence-electron chi connectivity index (χ0n) is 10.5. The molecule has 1 aliphatic rings. The van der Waals surface area contributed by atoms with Crippen LogP contribution in [0.4, 0.5) is 0 Å². The summed E-state index contributed by atoms with van der Waals surface area (Å²) < 4.78 is 0. The van der Waals surface area contributed by atoms with Gasteiger partial charge in [0.2, 0.25) is 0 Å². The first kappa shape index (κ1) is 11.7. The Morgan fingerprint density at radius 2 is 1.75 bits per heavy atom. The maximum absolute atomic E-state index is 6.50. The minimum absolute atomic E-state index is 0.223. The van der Waals surface area contributed by atoms with Gasteiger partial charge in [-0.1, -0.05) is 49.6 Å². The molecule has 1 unspecified atom stereocenters. The number of hydrogen-bond acceptors (Lipinski definition) is 1. The maximum Gasteiger partial charge on any atom is 0.0351 e. The molecular formula is C15H23N. The van der Waals surface area contributed by atoms with Crippen molar-refractivity contribution < 1.29 is 0 Å². The zero-order valence-corrected chi connectivity index (χ0v) is 10.5. The lowest BCUT2D eigenvalue weighted by Gasteiger charge is -2.34. The van der Waals surface area contributed by atoms with Crippen molar-refractivity contribution in [1.29, 1.82) is 0 Å². The SMILES string of the molecule is CCC1(C(N)c2ccc(C)cc2)CCCC1. The Morgan fingerprint density at radius 1 is 1.19 bits per heavy atom. The van der Waals surface area contributed by atoms with E-state index in [1.165, 1.54) is 43.2 Å². The summed E-state index contributed by atoms with van der Waals surface area (Å²) in [5, 5.41) is 0. The van der Waals surface area contributed by atoms with E-state index < -0.39 is 0 Å². The Kier molecular flexibility index (Phi) is 3.34. The Morgan fingerprint density at radius 3 is 2.25 bits per heavy atom. The second kappa shape index (κ2) is 4.58. The van der Waals surface area contributed by atoms with Gasteiger partial charge in [0.25, 0.3) is 0 Å². The van der Waals surface area contributed by atoms with Crippen molar-refractivity contribution in [3.8, 4) is 0 Å². The Bertz CT molecular complexity index is 333. The van der Waals surface area contributed by atoms with Crippen molar-refractivity contribution in [2.45, 2.75) is 52.0 Å². The number of aryl methyl sites for hydroxylation is 1. The van der Waals surface area contributed by atoms with E-state index in [4.69, 9.17) is 5.73 Å². The molecule has 1 nitrogen and oxygen atoms in total. The molecule has 1 heteroatoms. The van der Waals surface area contributed by atoms with Crippen LogP contribution in [0.3, 0.4) is 0 Å². The fraction of sp³-hybridized carbons (Fsp3) is 0.600. The van der Waals surface area contributed by atoms with Crippen molar-refractivity contribution in [2.75, 3.05) is 0 Å². The Balaban J connectivity index is 2.23. The summed E-state index contributed by atoms with van der Waals surface area (Å²) >= 11 is 0. The molecule has 1 aromatic carbocycles. The van der Waals surface area contributed by atoms with Gasteiger partial charge in [0, 0.05) is 6.04 Å². The average molecular weight is 217 g/mol. The highest BCUT2D eigenvalue weighted by Gasteiger charge is 2.38. The van der Waals surface area contributed by atoms with Crippen LogP contribution in [0, 0.1) is 12.3 Å². The highest BCUT2D eigenvalue weighted by atomic mass is 14.7. The van der Waals surface area contributed by atoms with Crippen LogP contribution in [0.2, 0.25) is 0 Å². The second-order valence-corrected chi connectivity index (χ2v) is 5.31. The summed E-state index contributed by atoms with van der Waals surface area (Å²) in [4.78, 5) is 0. The minimum atomic E-state index is 0.223. The third-order valence-corrected chi connectivity index (χ3v) is 4.40. The van der Waals surface area contributed by atoms with E-state index >= 15 is 0 Å². The van der Waals surface area contributed by atoms with Gasteiger partial charge in [-0.2, -0.15) is 0 Å². The summed E-state index contributed by atoms with van der Waals surface area (Å²) in [5.41, 5.74) is 9.49. The van der Waals surface area contributed by atoms with Crippen molar-refractivity contribution in [2.24, 2.45) is 11.1 Å². The zero-order chi connectivity index (χ0) is 11.6. The molecule has 0 spiro atoms. The minimum Gasteiger partial charge on any atom is -0.323 e. The van der Waals surface area contributed by atoms with Gasteiger partial charge < -0.3 is 5.73 Å². The average Bonchev–Trinajstić information content (AvgIpc) is 2.79. The quantitative estimate of drug-likeness (QED) is 0.814. The first-order chi connectivity index (χ1) is 7.68. The Labute approximate surface area is 99.0 Å². The Hall–Kier alpha value is -0.820. The molecule has 0 heterocycles. The summed E-state index contributed by atoms with van der Waals surface area (Å²) in [5.74, 6) is 0. The molecule has 0 aromatic heterocycles. The number of rotatable bonds is 3. The van der Waals surface area contributed by atoms with Crippen LogP contribution in [0.5, 0.6) is 0 Å². The van der Waals surface area contributed by atoms with E-state index in [0.717, 1.165) is 0 Å². The molecule has 0 aliphatic heterocycles.